The van der Waals surface area contributed by atoms with E-state index in [0.717, 1.165) is 29.0 Å². The second-order valence-electron chi connectivity index (χ2n) is 5.23. The number of thiophene rings is 1. The van der Waals surface area contributed by atoms with Gasteiger partial charge in [-0.05, 0) is 32.8 Å². The molecule has 104 valence electrons. The lowest BCUT2D eigenvalue weighted by molar-refractivity contribution is -0.145. The average Bonchev–Trinajstić information content (AvgIpc) is 2.69. The van der Waals surface area contributed by atoms with Crippen molar-refractivity contribution >= 4 is 23.2 Å². The predicted octanol–water partition coefficient (Wildman–Crippen LogP) is 2.88. The van der Waals surface area contributed by atoms with Gasteiger partial charge in [0, 0.05) is 9.75 Å². The van der Waals surface area contributed by atoms with Gasteiger partial charge in [0.25, 0.3) is 5.91 Å². The number of amides is 1. The van der Waals surface area contributed by atoms with Crippen LogP contribution in [-0.4, -0.2) is 22.5 Å². The number of carbonyl (C=O) groups excluding carboxylic acids is 1. The van der Waals surface area contributed by atoms with Crippen molar-refractivity contribution in [3.8, 4) is 0 Å². The van der Waals surface area contributed by atoms with Gasteiger partial charge in [-0.1, -0.05) is 19.3 Å². The molecule has 1 aromatic heterocycles. The molecule has 1 saturated carbocycles. The van der Waals surface area contributed by atoms with E-state index in [4.69, 9.17) is 0 Å². The molecule has 0 radical (unpaired) electrons. The number of aliphatic carboxylic acids is 1. The maximum absolute atomic E-state index is 12.3. The quantitative estimate of drug-likeness (QED) is 0.895. The van der Waals surface area contributed by atoms with Crippen molar-refractivity contribution in [2.45, 2.75) is 51.5 Å². The smallest absolute Gasteiger partial charge is 0.329 e. The van der Waals surface area contributed by atoms with E-state index in [9.17, 15) is 14.7 Å². The van der Waals surface area contributed by atoms with Crippen molar-refractivity contribution in [3.05, 3.63) is 21.4 Å². The molecule has 4 nitrogen and oxygen atoms in total. The zero-order valence-corrected chi connectivity index (χ0v) is 12.1. The van der Waals surface area contributed by atoms with E-state index in [1.807, 2.05) is 19.9 Å². The second kappa shape index (κ2) is 5.33. The molecule has 1 aliphatic carbocycles. The molecule has 1 fully saturated rings. The Bertz CT molecular complexity index is 501. The van der Waals surface area contributed by atoms with Crippen molar-refractivity contribution in [2.24, 2.45) is 0 Å². The summed E-state index contributed by atoms with van der Waals surface area (Å²) in [4.78, 5) is 25.8. The molecule has 1 heterocycles. The molecule has 2 rings (SSSR count). The summed E-state index contributed by atoms with van der Waals surface area (Å²) in [6.45, 7) is 3.84. The van der Waals surface area contributed by atoms with Crippen LogP contribution in [0.1, 0.15) is 52.2 Å². The Kier molecular flexibility index (Phi) is 3.94. The zero-order chi connectivity index (χ0) is 14.0. The third-order valence-corrected chi connectivity index (χ3v) is 4.72. The molecule has 0 bridgehead atoms. The molecule has 1 amide bonds. The summed E-state index contributed by atoms with van der Waals surface area (Å²) in [6, 6.07) is 1.83. The highest BCUT2D eigenvalue weighted by Crippen LogP contribution is 2.29. The highest BCUT2D eigenvalue weighted by Gasteiger charge is 2.41. The number of aryl methyl sites for hydroxylation is 2. The topological polar surface area (TPSA) is 66.4 Å². The lowest BCUT2D eigenvalue weighted by Crippen LogP contribution is -2.55. The van der Waals surface area contributed by atoms with E-state index in [2.05, 4.69) is 5.32 Å². The largest absolute Gasteiger partial charge is 0.480 e. The van der Waals surface area contributed by atoms with E-state index in [-0.39, 0.29) is 5.91 Å². The Morgan fingerprint density at radius 3 is 2.37 bits per heavy atom. The number of rotatable bonds is 3. The van der Waals surface area contributed by atoms with Gasteiger partial charge in [-0.15, -0.1) is 11.3 Å². The van der Waals surface area contributed by atoms with Gasteiger partial charge in [0.15, 0.2) is 0 Å². The minimum Gasteiger partial charge on any atom is -0.480 e. The van der Waals surface area contributed by atoms with Crippen molar-refractivity contribution < 1.29 is 14.7 Å². The van der Waals surface area contributed by atoms with Crippen molar-refractivity contribution in [2.75, 3.05) is 0 Å². The first-order valence-corrected chi connectivity index (χ1v) is 7.39. The summed E-state index contributed by atoms with van der Waals surface area (Å²) in [7, 11) is 0. The number of hydrogen-bond acceptors (Lipinski definition) is 3. The summed E-state index contributed by atoms with van der Waals surface area (Å²) in [5, 5.41) is 12.2. The summed E-state index contributed by atoms with van der Waals surface area (Å²) in [5.41, 5.74) is -0.467. The van der Waals surface area contributed by atoms with Gasteiger partial charge in [-0.2, -0.15) is 0 Å². The average molecular weight is 281 g/mol. The van der Waals surface area contributed by atoms with Crippen molar-refractivity contribution in [1.29, 1.82) is 0 Å². The first-order chi connectivity index (χ1) is 8.94. The Morgan fingerprint density at radius 1 is 1.26 bits per heavy atom. The van der Waals surface area contributed by atoms with Crippen molar-refractivity contribution in [1.82, 2.24) is 5.32 Å². The summed E-state index contributed by atoms with van der Waals surface area (Å²) in [6.07, 6.45) is 3.80. The van der Waals surface area contributed by atoms with E-state index >= 15 is 0 Å². The Balaban J connectivity index is 2.20. The maximum atomic E-state index is 12.3. The first kappa shape index (κ1) is 14.1. The third kappa shape index (κ3) is 2.81. The van der Waals surface area contributed by atoms with E-state index in [1.165, 1.54) is 0 Å². The van der Waals surface area contributed by atoms with Crippen LogP contribution in [0, 0.1) is 13.8 Å². The van der Waals surface area contributed by atoms with Crippen LogP contribution in [0.25, 0.3) is 0 Å². The molecule has 2 N–H and O–H groups in total. The van der Waals surface area contributed by atoms with Crippen LogP contribution in [0.3, 0.4) is 0 Å². The van der Waals surface area contributed by atoms with Gasteiger partial charge in [0.05, 0.1) is 5.56 Å². The van der Waals surface area contributed by atoms with Gasteiger partial charge in [-0.25, -0.2) is 4.79 Å². The Hall–Kier alpha value is -1.36. The van der Waals surface area contributed by atoms with Crippen LogP contribution in [0.4, 0.5) is 0 Å². The SMILES string of the molecule is Cc1cc(C(=O)NC2(C(=O)O)CCCCC2)c(C)s1. The molecule has 0 aliphatic heterocycles. The fraction of sp³-hybridized carbons (Fsp3) is 0.571. The Morgan fingerprint density at radius 2 is 1.89 bits per heavy atom. The molecule has 0 saturated heterocycles. The fourth-order valence-corrected chi connectivity index (χ4v) is 3.61. The minimum atomic E-state index is -1.07. The minimum absolute atomic E-state index is 0.258. The summed E-state index contributed by atoms with van der Waals surface area (Å²) >= 11 is 1.56. The fourth-order valence-electron chi connectivity index (χ4n) is 2.69. The lowest BCUT2D eigenvalue weighted by atomic mass is 9.81. The van der Waals surface area contributed by atoms with Crippen LogP contribution >= 0.6 is 11.3 Å². The van der Waals surface area contributed by atoms with E-state index < -0.39 is 11.5 Å². The van der Waals surface area contributed by atoms with Gasteiger partial charge >= 0.3 is 5.97 Å². The molecule has 5 heteroatoms. The van der Waals surface area contributed by atoms with E-state index in [1.54, 1.807) is 11.3 Å². The summed E-state index contributed by atoms with van der Waals surface area (Å²) in [5.74, 6) is -1.17. The normalized spacial score (nSPS) is 18.0. The standard InChI is InChI=1S/C14H19NO3S/c1-9-8-11(10(2)19-9)12(16)15-14(13(17)18)6-4-3-5-7-14/h8H,3-7H2,1-2H3,(H,15,16)(H,17,18). The molecule has 0 atom stereocenters. The molecule has 0 aromatic carbocycles. The van der Waals surface area contributed by atoms with Crippen LogP contribution in [0.2, 0.25) is 0 Å². The van der Waals surface area contributed by atoms with Crippen LogP contribution in [0.5, 0.6) is 0 Å². The predicted molar refractivity (Wildman–Crippen MR) is 74.7 cm³/mol. The number of carboxylic acids is 1. The molecule has 0 spiro atoms. The van der Waals surface area contributed by atoms with Gasteiger partial charge in [0.2, 0.25) is 0 Å². The van der Waals surface area contributed by atoms with E-state index in [0.29, 0.717) is 18.4 Å². The highest BCUT2D eigenvalue weighted by atomic mass is 32.1. The number of carboxylic acid groups (broad SMARTS) is 1. The first-order valence-electron chi connectivity index (χ1n) is 6.57. The van der Waals surface area contributed by atoms with Crippen LogP contribution in [-0.2, 0) is 4.79 Å². The highest BCUT2D eigenvalue weighted by molar-refractivity contribution is 7.12. The number of carbonyl (C=O) groups is 2. The van der Waals surface area contributed by atoms with Crippen LogP contribution in [0.15, 0.2) is 6.07 Å². The summed E-state index contributed by atoms with van der Waals surface area (Å²) < 4.78 is 0. The molecule has 1 aliphatic rings. The van der Waals surface area contributed by atoms with Gasteiger partial charge in [-0.3, -0.25) is 4.79 Å². The molecule has 1 aromatic rings. The van der Waals surface area contributed by atoms with Gasteiger partial charge < -0.3 is 10.4 Å². The zero-order valence-electron chi connectivity index (χ0n) is 11.3. The monoisotopic (exact) mass is 281 g/mol. The maximum Gasteiger partial charge on any atom is 0.329 e. The molecular weight excluding hydrogens is 262 g/mol. The van der Waals surface area contributed by atoms with Crippen molar-refractivity contribution in [3.63, 3.8) is 0 Å². The lowest BCUT2D eigenvalue weighted by Gasteiger charge is -2.33. The third-order valence-electron chi connectivity index (χ3n) is 3.75. The Labute approximate surface area is 116 Å². The van der Waals surface area contributed by atoms with Gasteiger partial charge in [0.1, 0.15) is 5.54 Å². The molecule has 0 unspecified atom stereocenters. The number of nitrogens with one attached hydrogen (secondary N) is 1. The molecule has 19 heavy (non-hydrogen) atoms. The second-order valence-corrected chi connectivity index (χ2v) is 6.69. The molecular formula is C14H19NO3S. The number of hydrogen-bond donors (Lipinski definition) is 2. The van der Waals surface area contributed by atoms with Crippen LogP contribution < -0.4 is 5.32 Å².